The maximum Gasteiger partial charge on any atom is 0.411 e. The Balaban J connectivity index is 1.43. The van der Waals surface area contributed by atoms with Gasteiger partial charge in [-0.1, -0.05) is 6.07 Å². The van der Waals surface area contributed by atoms with Crippen LogP contribution in [0.3, 0.4) is 0 Å². The first-order chi connectivity index (χ1) is 21.7. The van der Waals surface area contributed by atoms with Gasteiger partial charge in [-0.25, -0.2) is 13.8 Å². The van der Waals surface area contributed by atoms with Gasteiger partial charge in [0, 0.05) is 37.0 Å². The van der Waals surface area contributed by atoms with E-state index in [1.807, 2.05) is 0 Å². The zero-order valence-corrected chi connectivity index (χ0v) is 25.7. The maximum atomic E-state index is 15.2. The number of nitrogens with zero attached hydrogens (tertiary/aromatic N) is 3. The van der Waals surface area contributed by atoms with Crippen LogP contribution >= 0.6 is 0 Å². The van der Waals surface area contributed by atoms with Crippen molar-refractivity contribution in [1.82, 2.24) is 14.9 Å². The molecule has 2 aromatic carbocycles. The van der Waals surface area contributed by atoms with E-state index >= 15 is 8.78 Å². The van der Waals surface area contributed by atoms with Crippen LogP contribution in [0, 0.1) is 25.5 Å². The standard InChI is InChI=1S/C32H33F5N4O5/c1-16-17(2)40(4)31(44)28(38-16)22-8-7-19(21-6-5-10-46-29(21)22)12-25(18(3)42)39-30(43)27-23(33)13-20(14-24(27)34)41-9-11-45-15-26(41)32(35,36)37/h7-8,13-14,25-26H,5-6,9-12,15H2,1-4H3,(H,39,43)/t25-,26+/m0/s1. The van der Waals surface area contributed by atoms with Gasteiger partial charge in [-0.2, -0.15) is 13.2 Å². The first-order valence-corrected chi connectivity index (χ1v) is 14.7. The van der Waals surface area contributed by atoms with E-state index < -0.39 is 53.8 Å². The molecule has 9 nitrogen and oxygen atoms in total. The summed E-state index contributed by atoms with van der Waals surface area (Å²) in [6.07, 6.45) is -3.56. The van der Waals surface area contributed by atoms with Gasteiger partial charge in [0.2, 0.25) is 0 Å². The van der Waals surface area contributed by atoms with Crippen molar-refractivity contribution in [3.8, 4) is 17.0 Å². The fourth-order valence-electron chi connectivity index (χ4n) is 5.81. The first-order valence-electron chi connectivity index (χ1n) is 14.7. The summed E-state index contributed by atoms with van der Waals surface area (Å²) in [5.41, 5.74) is 1.71. The summed E-state index contributed by atoms with van der Waals surface area (Å²) in [5.74, 6) is -4.04. The van der Waals surface area contributed by atoms with Crippen LogP contribution in [0.4, 0.5) is 27.6 Å². The van der Waals surface area contributed by atoms with E-state index in [1.165, 1.54) is 11.5 Å². The van der Waals surface area contributed by atoms with Crippen LogP contribution in [0.2, 0.25) is 0 Å². The number of alkyl halides is 3. The van der Waals surface area contributed by atoms with E-state index in [4.69, 9.17) is 9.47 Å². The monoisotopic (exact) mass is 648 g/mol. The van der Waals surface area contributed by atoms with Gasteiger partial charge in [-0.05, 0) is 62.9 Å². The SMILES string of the molecule is CC(=O)[C@H](Cc1ccc(-c2nc(C)c(C)n(C)c2=O)c2c1CCCO2)NC(=O)c1c(F)cc(N2CCOC[C@@H]2C(F)(F)F)cc1F. The van der Waals surface area contributed by atoms with Gasteiger partial charge in [-0.15, -0.1) is 0 Å². The van der Waals surface area contributed by atoms with E-state index in [-0.39, 0.29) is 36.5 Å². The minimum atomic E-state index is -4.72. The fourth-order valence-corrected chi connectivity index (χ4v) is 5.81. The zero-order valence-electron chi connectivity index (χ0n) is 25.7. The van der Waals surface area contributed by atoms with Crippen LogP contribution < -0.4 is 20.5 Å². The maximum absolute atomic E-state index is 15.2. The molecule has 5 rings (SSSR count). The highest BCUT2D eigenvalue weighted by Gasteiger charge is 2.46. The number of carbonyl (C=O) groups excluding carboxylic acids is 2. The predicted molar refractivity (Wildman–Crippen MR) is 158 cm³/mol. The van der Waals surface area contributed by atoms with Crippen LogP contribution in [-0.2, 0) is 29.4 Å². The molecule has 14 heteroatoms. The Morgan fingerprint density at radius 3 is 2.48 bits per heavy atom. The average molecular weight is 649 g/mol. The lowest BCUT2D eigenvalue weighted by Gasteiger charge is -2.38. The van der Waals surface area contributed by atoms with Gasteiger partial charge in [0.15, 0.2) is 5.78 Å². The number of halogens is 5. The quantitative estimate of drug-likeness (QED) is 0.380. The largest absolute Gasteiger partial charge is 0.493 e. The van der Waals surface area contributed by atoms with Crippen LogP contribution in [0.1, 0.15) is 46.2 Å². The molecule has 0 unspecified atom stereocenters. The predicted octanol–water partition coefficient (Wildman–Crippen LogP) is 4.36. The minimum Gasteiger partial charge on any atom is -0.493 e. The molecule has 1 amide bonds. The number of hydrogen-bond acceptors (Lipinski definition) is 7. The van der Waals surface area contributed by atoms with Crippen molar-refractivity contribution >= 4 is 17.4 Å². The topological polar surface area (TPSA) is 103 Å². The minimum absolute atomic E-state index is 0.0478. The summed E-state index contributed by atoms with van der Waals surface area (Å²) < 4.78 is 83.4. The number of rotatable bonds is 7. The van der Waals surface area contributed by atoms with E-state index in [1.54, 1.807) is 33.0 Å². The lowest BCUT2D eigenvalue weighted by Crippen LogP contribution is -2.53. The number of aryl methyl sites for hydroxylation is 1. The van der Waals surface area contributed by atoms with Crippen molar-refractivity contribution in [2.45, 2.75) is 58.3 Å². The van der Waals surface area contributed by atoms with E-state index in [9.17, 15) is 27.6 Å². The second-order valence-electron chi connectivity index (χ2n) is 11.5. The van der Waals surface area contributed by atoms with E-state index in [2.05, 4.69) is 10.3 Å². The van der Waals surface area contributed by atoms with Crippen molar-refractivity contribution < 1.29 is 41.0 Å². The number of amides is 1. The lowest BCUT2D eigenvalue weighted by atomic mass is 9.91. The van der Waals surface area contributed by atoms with Gasteiger partial charge < -0.3 is 24.3 Å². The third kappa shape index (κ3) is 6.35. The molecule has 1 N–H and O–H groups in total. The molecular weight excluding hydrogens is 615 g/mol. The molecule has 2 aliphatic rings. The molecule has 1 fully saturated rings. The van der Waals surface area contributed by atoms with Crippen molar-refractivity contribution in [3.05, 3.63) is 74.3 Å². The average Bonchev–Trinajstić information content (AvgIpc) is 3.01. The van der Waals surface area contributed by atoms with Crippen molar-refractivity contribution in [3.63, 3.8) is 0 Å². The number of fused-ring (bicyclic) bond motifs is 1. The van der Waals surface area contributed by atoms with Gasteiger partial charge >= 0.3 is 6.18 Å². The zero-order chi connectivity index (χ0) is 33.5. The molecule has 0 aliphatic carbocycles. The normalized spacial score (nSPS) is 17.2. The molecule has 246 valence electrons. The summed E-state index contributed by atoms with van der Waals surface area (Å²) in [6, 6.07) is 1.39. The summed E-state index contributed by atoms with van der Waals surface area (Å²) in [4.78, 5) is 44.2. The lowest BCUT2D eigenvalue weighted by molar-refractivity contribution is -0.167. The number of morpholine rings is 1. The van der Waals surface area contributed by atoms with Crippen LogP contribution in [-0.4, -0.2) is 65.9 Å². The number of hydrogen-bond donors (Lipinski definition) is 1. The molecule has 0 spiro atoms. The number of aromatic nitrogens is 2. The number of anilines is 1. The molecule has 2 aliphatic heterocycles. The highest BCUT2D eigenvalue weighted by atomic mass is 19.4. The molecule has 0 bridgehead atoms. The number of benzene rings is 2. The third-order valence-corrected chi connectivity index (χ3v) is 8.56. The molecular formula is C32H33F5N4O5. The van der Waals surface area contributed by atoms with E-state index in [0.717, 1.165) is 10.5 Å². The third-order valence-electron chi connectivity index (χ3n) is 8.56. The molecule has 0 saturated carbocycles. The molecule has 46 heavy (non-hydrogen) atoms. The molecule has 3 heterocycles. The Bertz CT molecular complexity index is 1730. The molecule has 2 atom stereocenters. The summed E-state index contributed by atoms with van der Waals surface area (Å²) in [7, 11) is 1.65. The summed E-state index contributed by atoms with van der Waals surface area (Å²) >= 11 is 0. The highest BCUT2D eigenvalue weighted by molar-refractivity contribution is 5.98. The Morgan fingerprint density at radius 1 is 1.13 bits per heavy atom. The van der Waals surface area contributed by atoms with Gasteiger partial charge in [0.25, 0.3) is 11.5 Å². The molecule has 3 aromatic rings. The van der Waals surface area contributed by atoms with Gasteiger partial charge in [0.05, 0.1) is 31.6 Å². The molecule has 0 radical (unpaired) electrons. The number of nitrogens with one attached hydrogen (secondary N) is 1. The Hall–Kier alpha value is -4.33. The fraction of sp³-hybridized carbons (Fsp3) is 0.438. The van der Waals surface area contributed by atoms with Gasteiger partial charge in [-0.3, -0.25) is 14.4 Å². The molecule has 1 saturated heterocycles. The Labute approximate surface area is 261 Å². The molecule has 1 aromatic heterocycles. The smallest absolute Gasteiger partial charge is 0.411 e. The van der Waals surface area contributed by atoms with E-state index in [0.29, 0.717) is 59.8 Å². The summed E-state index contributed by atoms with van der Waals surface area (Å²) in [5, 5.41) is 2.39. The van der Waals surface area contributed by atoms with Crippen molar-refractivity contribution in [2.75, 3.05) is 31.3 Å². The van der Waals surface area contributed by atoms with Crippen LogP contribution in [0.15, 0.2) is 29.1 Å². The van der Waals surface area contributed by atoms with Crippen molar-refractivity contribution in [2.24, 2.45) is 7.05 Å². The second kappa shape index (κ2) is 12.8. The second-order valence-corrected chi connectivity index (χ2v) is 11.5. The number of ketones is 1. The van der Waals surface area contributed by atoms with Gasteiger partial charge in [0.1, 0.15) is 34.7 Å². The van der Waals surface area contributed by atoms with Crippen molar-refractivity contribution in [1.29, 1.82) is 0 Å². The van der Waals surface area contributed by atoms with Crippen LogP contribution in [0.25, 0.3) is 11.3 Å². The first kappa shape index (κ1) is 33.0. The van der Waals surface area contributed by atoms with Crippen LogP contribution in [0.5, 0.6) is 5.75 Å². The summed E-state index contributed by atoms with van der Waals surface area (Å²) in [6.45, 7) is 4.15. The Kier molecular flexibility index (Phi) is 9.21. The number of Topliss-reactive ketones (excluding diaryl/α,β-unsaturated/α-hetero) is 1. The number of carbonyl (C=O) groups is 2. The number of ether oxygens (including phenoxy) is 2. The Morgan fingerprint density at radius 2 is 1.83 bits per heavy atom. The highest BCUT2D eigenvalue weighted by Crippen LogP contribution is 2.38.